The highest BCUT2D eigenvalue weighted by Crippen LogP contribution is 2.28. The third-order valence-corrected chi connectivity index (χ3v) is 3.45. The predicted molar refractivity (Wildman–Crippen MR) is 91.7 cm³/mol. The van der Waals surface area contributed by atoms with Crippen molar-refractivity contribution in [2.24, 2.45) is 0 Å². The summed E-state index contributed by atoms with van der Waals surface area (Å²) in [5, 5.41) is 0. The lowest BCUT2D eigenvalue weighted by atomic mass is 9.90. The van der Waals surface area contributed by atoms with Crippen LogP contribution in [0.3, 0.4) is 0 Å². The first-order chi connectivity index (χ1) is 10.9. The van der Waals surface area contributed by atoms with E-state index in [9.17, 15) is 8.78 Å². The molecule has 2 nitrogen and oxygen atoms in total. The largest absolute Gasteiger partial charge is 0.494 e. The van der Waals surface area contributed by atoms with E-state index in [1.54, 1.807) is 25.1 Å². The second kappa shape index (κ2) is 7.31. The molecule has 0 fully saturated rings. The molecule has 0 N–H and O–H groups in total. The van der Waals surface area contributed by atoms with E-state index in [0.29, 0.717) is 12.2 Å². The SMILES string of the molecule is Bc1cc(OCC)cc(C(=C)c2ccc(OC(F)F)c(C)c2)c1. The molecule has 0 aliphatic carbocycles. The first kappa shape index (κ1) is 17.1. The van der Waals surface area contributed by atoms with Gasteiger partial charge in [-0.1, -0.05) is 24.2 Å². The minimum atomic E-state index is -2.83. The van der Waals surface area contributed by atoms with Gasteiger partial charge >= 0.3 is 6.61 Å². The summed E-state index contributed by atoms with van der Waals surface area (Å²) in [7, 11) is 1.99. The number of ether oxygens (including phenoxy) is 2. The van der Waals surface area contributed by atoms with Crippen molar-refractivity contribution in [1.29, 1.82) is 0 Å². The van der Waals surface area contributed by atoms with Crippen molar-refractivity contribution in [1.82, 2.24) is 0 Å². The van der Waals surface area contributed by atoms with Crippen molar-refractivity contribution in [3.63, 3.8) is 0 Å². The van der Waals surface area contributed by atoms with Crippen LogP contribution in [0.4, 0.5) is 8.78 Å². The van der Waals surface area contributed by atoms with Crippen LogP contribution in [0.1, 0.15) is 23.6 Å². The summed E-state index contributed by atoms with van der Waals surface area (Å²) in [6.45, 7) is 5.56. The van der Waals surface area contributed by atoms with Crippen LogP contribution in [0.2, 0.25) is 0 Å². The first-order valence-electron chi connectivity index (χ1n) is 7.40. The van der Waals surface area contributed by atoms with E-state index in [2.05, 4.69) is 11.3 Å². The van der Waals surface area contributed by atoms with E-state index >= 15 is 0 Å². The summed E-state index contributed by atoms with van der Waals surface area (Å²) >= 11 is 0. The van der Waals surface area contributed by atoms with Crippen LogP contribution >= 0.6 is 0 Å². The minimum Gasteiger partial charge on any atom is -0.494 e. The lowest BCUT2D eigenvalue weighted by molar-refractivity contribution is -0.0502. The lowest BCUT2D eigenvalue weighted by Crippen LogP contribution is -2.06. The van der Waals surface area contributed by atoms with Gasteiger partial charge in [0.1, 0.15) is 19.3 Å². The molecule has 0 aliphatic rings. The van der Waals surface area contributed by atoms with Gasteiger partial charge in [-0.2, -0.15) is 8.78 Å². The minimum absolute atomic E-state index is 0.177. The Morgan fingerprint density at radius 2 is 1.91 bits per heavy atom. The molecule has 120 valence electrons. The van der Waals surface area contributed by atoms with Crippen molar-refractivity contribution in [2.45, 2.75) is 20.5 Å². The highest BCUT2D eigenvalue weighted by atomic mass is 19.3. The molecule has 0 saturated carbocycles. The van der Waals surface area contributed by atoms with E-state index in [1.807, 2.05) is 33.0 Å². The lowest BCUT2D eigenvalue weighted by Gasteiger charge is -2.13. The molecule has 2 rings (SSSR count). The Hall–Kier alpha value is -2.30. The number of halogens is 2. The molecule has 2 aromatic rings. The van der Waals surface area contributed by atoms with Crippen molar-refractivity contribution < 1.29 is 18.3 Å². The molecule has 0 atom stereocenters. The fraction of sp³-hybridized carbons (Fsp3) is 0.222. The quantitative estimate of drug-likeness (QED) is 0.761. The van der Waals surface area contributed by atoms with Crippen LogP contribution in [0.5, 0.6) is 11.5 Å². The summed E-state index contributed by atoms with van der Waals surface area (Å²) in [5.74, 6) is 0.967. The molecule has 2 aromatic carbocycles. The number of hydrogen-bond acceptors (Lipinski definition) is 2. The topological polar surface area (TPSA) is 18.5 Å². The highest BCUT2D eigenvalue weighted by Gasteiger charge is 2.10. The standard InChI is InChI=1S/C18H19BF2O2/c1-4-22-16-9-14(8-15(19)10-16)12(3)13-5-6-17(11(2)7-13)23-18(20)21/h5-10,18H,3-4,19H2,1-2H3. The molecule has 5 heteroatoms. The molecule has 0 saturated heterocycles. The van der Waals surface area contributed by atoms with Crippen molar-refractivity contribution in [2.75, 3.05) is 6.61 Å². The summed E-state index contributed by atoms with van der Waals surface area (Å²) in [6, 6.07) is 11.0. The number of aryl methyl sites for hydroxylation is 1. The third kappa shape index (κ3) is 4.34. The molecule has 0 radical (unpaired) electrons. The Kier molecular flexibility index (Phi) is 5.43. The van der Waals surface area contributed by atoms with E-state index < -0.39 is 6.61 Å². The fourth-order valence-electron chi connectivity index (χ4n) is 2.40. The number of hydrogen-bond donors (Lipinski definition) is 0. The third-order valence-electron chi connectivity index (χ3n) is 3.45. The number of benzene rings is 2. The summed E-state index contributed by atoms with van der Waals surface area (Å²) in [5.41, 5.74) is 4.32. The average molecular weight is 316 g/mol. The molecule has 0 bridgehead atoms. The van der Waals surface area contributed by atoms with Gasteiger partial charge in [-0.05, 0) is 60.4 Å². The van der Waals surface area contributed by atoms with Crippen molar-refractivity contribution >= 4 is 18.9 Å². The summed E-state index contributed by atoms with van der Waals surface area (Å²) < 4.78 is 34.7. The fourth-order valence-corrected chi connectivity index (χ4v) is 2.40. The van der Waals surface area contributed by atoms with Gasteiger partial charge in [0.15, 0.2) is 0 Å². The Labute approximate surface area is 136 Å². The van der Waals surface area contributed by atoms with Crippen LogP contribution in [0.15, 0.2) is 43.0 Å². The molecule has 0 heterocycles. The van der Waals surface area contributed by atoms with Crippen LogP contribution in [-0.2, 0) is 0 Å². The van der Waals surface area contributed by atoms with Gasteiger partial charge in [-0.25, -0.2) is 0 Å². The Bertz CT molecular complexity index is 714. The maximum Gasteiger partial charge on any atom is 0.387 e. The normalized spacial score (nSPS) is 10.7. The zero-order chi connectivity index (χ0) is 17.0. The van der Waals surface area contributed by atoms with Crippen LogP contribution in [-0.4, -0.2) is 21.1 Å². The van der Waals surface area contributed by atoms with Crippen molar-refractivity contribution in [3.8, 4) is 11.5 Å². The monoisotopic (exact) mass is 316 g/mol. The Morgan fingerprint density at radius 1 is 1.17 bits per heavy atom. The van der Waals surface area contributed by atoms with Crippen molar-refractivity contribution in [3.05, 3.63) is 59.7 Å². The zero-order valence-corrected chi connectivity index (χ0v) is 13.5. The van der Waals surface area contributed by atoms with Crippen LogP contribution < -0.4 is 14.9 Å². The van der Waals surface area contributed by atoms with Gasteiger partial charge in [-0.3, -0.25) is 0 Å². The maximum atomic E-state index is 12.3. The molecule has 23 heavy (non-hydrogen) atoms. The molecule has 0 amide bonds. The van der Waals surface area contributed by atoms with Gasteiger partial charge < -0.3 is 9.47 Å². The second-order valence-corrected chi connectivity index (χ2v) is 5.31. The smallest absolute Gasteiger partial charge is 0.387 e. The van der Waals surface area contributed by atoms with E-state index in [0.717, 1.165) is 27.9 Å². The number of alkyl halides is 2. The van der Waals surface area contributed by atoms with E-state index in [4.69, 9.17) is 4.74 Å². The van der Waals surface area contributed by atoms with Gasteiger partial charge in [0.05, 0.1) is 6.61 Å². The molecule has 0 unspecified atom stereocenters. The highest BCUT2D eigenvalue weighted by molar-refractivity contribution is 6.32. The Balaban J connectivity index is 2.32. The molecular formula is C18H19BF2O2. The zero-order valence-electron chi connectivity index (χ0n) is 13.5. The molecule has 0 spiro atoms. The molecule has 0 aliphatic heterocycles. The maximum absolute atomic E-state index is 12.3. The van der Waals surface area contributed by atoms with Crippen LogP contribution in [0, 0.1) is 6.92 Å². The summed E-state index contributed by atoms with van der Waals surface area (Å²) in [4.78, 5) is 0. The average Bonchev–Trinajstić information content (AvgIpc) is 2.48. The van der Waals surface area contributed by atoms with Crippen LogP contribution in [0.25, 0.3) is 5.57 Å². The predicted octanol–water partition coefficient (Wildman–Crippen LogP) is 3.32. The number of rotatable bonds is 6. The van der Waals surface area contributed by atoms with E-state index in [-0.39, 0.29) is 5.75 Å². The molecular weight excluding hydrogens is 297 g/mol. The second-order valence-electron chi connectivity index (χ2n) is 5.31. The van der Waals surface area contributed by atoms with Gasteiger partial charge in [-0.15, -0.1) is 0 Å². The van der Waals surface area contributed by atoms with Gasteiger partial charge in [0.25, 0.3) is 0 Å². The molecule has 0 aromatic heterocycles. The van der Waals surface area contributed by atoms with E-state index in [1.165, 1.54) is 0 Å². The van der Waals surface area contributed by atoms with Gasteiger partial charge in [0.2, 0.25) is 0 Å². The first-order valence-corrected chi connectivity index (χ1v) is 7.40. The van der Waals surface area contributed by atoms with Gasteiger partial charge in [0, 0.05) is 0 Å². The Morgan fingerprint density at radius 3 is 2.52 bits per heavy atom. The summed E-state index contributed by atoms with van der Waals surface area (Å²) in [6.07, 6.45) is 0.